The Morgan fingerprint density at radius 3 is 2.61 bits per heavy atom. The summed E-state index contributed by atoms with van der Waals surface area (Å²) in [7, 11) is 0. The van der Waals surface area contributed by atoms with Crippen molar-refractivity contribution in [2.24, 2.45) is 5.73 Å². The molecule has 0 unspecified atom stereocenters. The maximum absolute atomic E-state index is 5.44. The first-order valence-electron chi connectivity index (χ1n) is 6.09. The van der Waals surface area contributed by atoms with Crippen molar-refractivity contribution in [3.05, 3.63) is 41.1 Å². The molecular formula is C14H19N3O. The summed E-state index contributed by atoms with van der Waals surface area (Å²) in [6.45, 7) is 7.20. The van der Waals surface area contributed by atoms with Crippen LogP contribution in [0.3, 0.4) is 0 Å². The third-order valence-electron chi connectivity index (χ3n) is 2.97. The monoisotopic (exact) mass is 245 g/mol. The number of aryl methyl sites for hydroxylation is 3. The fourth-order valence-electron chi connectivity index (χ4n) is 1.80. The van der Waals surface area contributed by atoms with Crippen LogP contribution in [0.5, 0.6) is 5.88 Å². The largest absolute Gasteiger partial charge is 0.475 e. The molecule has 18 heavy (non-hydrogen) atoms. The van der Waals surface area contributed by atoms with Crippen molar-refractivity contribution < 1.29 is 4.74 Å². The van der Waals surface area contributed by atoms with Crippen molar-refractivity contribution in [1.82, 2.24) is 9.78 Å². The van der Waals surface area contributed by atoms with Crippen molar-refractivity contribution in [1.29, 1.82) is 0 Å². The molecule has 0 aliphatic rings. The van der Waals surface area contributed by atoms with Gasteiger partial charge in [0.05, 0.1) is 5.69 Å². The Balaban J connectivity index is 2.32. The van der Waals surface area contributed by atoms with Gasteiger partial charge in [-0.2, -0.15) is 0 Å². The number of nitrogens with two attached hydrogens (primary N) is 1. The first-order chi connectivity index (χ1) is 8.61. The number of ether oxygens (including phenoxy) is 1. The van der Waals surface area contributed by atoms with Crippen LogP contribution < -0.4 is 10.5 Å². The van der Waals surface area contributed by atoms with Crippen molar-refractivity contribution in [3.63, 3.8) is 0 Å². The molecule has 0 spiro atoms. The highest BCUT2D eigenvalue weighted by Gasteiger charge is 2.07. The molecule has 0 aliphatic heterocycles. The molecule has 2 aromatic rings. The molecule has 4 heteroatoms. The van der Waals surface area contributed by atoms with E-state index in [0.29, 0.717) is 19.0 Å². The predicted molar refractivity (Wildman–Crippen MR) is 72.3 cm³/mol. The molecule has 0 amide bonds. The van der Waals surface area contributed by atoms with Crippen LogP contribution in [0.25, 0.3) is 5.69 Å². The van der Waals surface area contributed by atoms with Crippen LogP contribution in [-0.2, 0) is 0 Å². The molecule has 0 aliphatic carbocycles. The number of nitrogens with zero attached hydrogens (tertiary/aromatic N) is 2. The van der Waals surface area contributed by atoms with Gasteiger partial charge in [0.15, 0.2) is 0 Å². The van der Waals surface area contributed by atoms with E-state index in [1.165, 1.54) is 11.1 Å². The molecule has 1 aromatic heterocycles. The topological polar surface area (TPSA) is 53.1 Å². The lowest BCUT2D eigenvalue weighted by atomic mass is 10.1. The minimum absolute atomic E-state index is 0.489. The van der Waals surface area contributed by atoms with E-state index in [1.807, 2.05) is 17.7 Å². The van der Waals surface area contributed by atoms with Crippen LogP contribution in [0.15, 0.2) is 24.3 Å². The highest BCUT2D eigenvalue weighted by atomic mass is 16.5. The van der Waals surface area contributed by atoms with Gasteiger partial charge < -0.3 is 10.5 Å². The van der Waals surface area contributed by atoms with Gasteiger partial charge >= 0.3 is 0 Å². The predicted octanol–water partition coefficient (Wildman–Crippen LogP) is 2.14. The van der Waals surface area contributed by atoms with Gasteiger partial charge in [0.2, 0.25) is 5.88 Å². The lowest BCUT2D eigenvalue weighted by Gasteiger charge is -2.07. The van der Waals surface area contributed by atoms with Crippen LogP contribution in [0, 0.1) is 20.8 Å². The van der Waals surface area contributed by atoms with Crippen LogP contribution in [-0.4, -0.2) is 22.9 Å². The second-order valence-electron chi connectivity index (χ2n) is 4.44. The van der Waals surface area contributed by atoms with Crippen LogP contribution in [0.4, 0.5) is 0 Å². The Bertz CT molecular complexity index is 546. The summed E-state index contributed by atoms with van der Waals surface area (Å²) in [4.78, 5) is 0. The molecule has 0 radical (unpaired) electrons. The van der Waals surface area contributed by atoms with E-state index in [2.05, 4.69) is 37.1 Å². The zero-order chi connectivity index (χ0) is 13.1. The Kier molecular flexibility index (Phi) is 3.67. The summed E-state index contributed by atoms with van der Waals surface area (Å²) in [6.07, 6.45) is 0. The van der Waals surface area contributed by atoms with Gasteiger partial charge in [-0.3, -0.25) is 0 Å². The summed E-state index contributed by atoms with van der Waals surface area (Å²) < 4.78 is 7.32. The van der Waals surface area contributed by atoms with E-state index in [9.17, 15) is 0 Å². The van der Waals surface area contributed by atoms with Crippen molar-refractivity contribution in [2.75, 3.05) is 13.2 Å². The SMILES string of the molecule is Cc1ccc(-n2nc(OCCN)cc2C)cc1C. The van der Waals surface area contributed by atoms with Gasteiger partial charge in [-0.15, -0.1) is 5.10 Å². The second kappa shape index (κ2) is 5.23. The van der Waals surface area contributed by atoms with Gasteiger partial charge in [0.25, 0.3) is 0 Å². The highest BCUT2D eigenvalue weighted by molar-refractivity contribution is 5.40. The number of hydrogen-bond donors (Lipinski definition) is 1. The van der Waals surface area contributed by atoms with Gasteiger partial charge in [-0.1, -0.05) is 6.07 Å². The lowest BCUT2D eigenvalue weighted by molar-refractivity contribution is 0.313. The molecule has 2 rings (SSSR count). The average molecular weight is 245 g/mol. The molecule has 1 heterocycles. The van der Waals surface area contributed by atoms with Gasteiger partial charge in [0, 0.05) is 18.3 Å². The molecule has 0 bridgehead atoms. The Hall–Kier alpha value is -1.81. The normalized spacial score (nSPS) is 10.7. The number of hydrogen-bond acceptors (Lipinski definition) is 3. The molecule has 4 nitrogen and oxygen atoms in total. The Morgan fingerprint density at radius 1 is 1.17 bits per heavy atom. The first-order valence-corrected chi connectivity index (χ1v) is 6.09. The molecule has 0 atom stereocenters. The molecule has 0 saturated heterocycles. The molecule has 0 fully saturated rings. The summed E-state index contributed by atoms with van der Waals surface area (Å²) in [5, 5.41) is 4.43. The van der Waals surface area contributed by atoms with E-state index in [0.717, 1.165) is 11.4 Å². The Labute approximate surface area is 107 Å². The molecule has 96 valence electrons. The summed E-state index contributed by atoms with van der Waals surface area (Å²) >= 11 is 0. The lowest BCUT2D eigenvalue weighted by Crippen LogP contribution is -2.11. The van der Waals surface area contributed by atoms with Crippen LogP contribution in [0.2, 0.25) is 0 Å². The molecule has 0 saturated carbocycles. The third kappa shape index (κ3) is 2.54. The van der Waals surface area contributed by atoms with E-state index in [4.69, 9.17) is 10.5 Å². The molecular weight excluding hydrogens is 226 g/mol. The van der Waals surface area contributed by atoms with Gasteiger partial charge in [-0.25, -0.2) is 4.68 Å². The fourth-order valence-corrected chi connectivity index (χ4v) is 1.80. The standard InChI is InChI=1S/C14H19N3O/c1-10-4-5-13(8-11(10)2)17-12(3)9-14(16-17)18-7-6-15/h4-5,8-9H,6-7,15H2,1-3H3. The van der Waals surface area contributed by atoms with Crippen molar-refractivity contribution in [3.8, 4) is 11.6 Å². The number of aromatic nitrogens is 2. The van der Waals surface area contributed by atoms with E-state index >= 15 is 0 Å². The highest BCUT2D eigenvalue weighted by Crippen LogP contribution is 2.18. The maximum atomic E-state index is 5.44. The van der Waals surface area contributed by atoms with Gasteiger partial charge in [-0.05, 0) is 44.0 Å². The van der Waals surface area contributed by atoms with Crippen molar-refractivity contribution in [2.45, 2.75) is 20.8 Å². The number of benzene rings is 1. The van der Waals surface area contributed by atoms with Crippen molar-refractivity contribution >= 4 is 0 Å². The summed E-state index contributed by atoms with van der Waals surface area (Å²) in [6, 6.07) is 8.22. The smallest absolute Gasteiger partial charge is 0.233 e. The maximum Gasteiger partial charge on any atom is 0.233 e. The zero-order valence-electron chi connectivity index (χ0n) is 11.1. The zero-order valence-corrected chi connectivity index (χ0v) is 11.1. The third-order valence-corrected chi connectivity index (χ3v) is 2.97. The molecule has 1 aromatic carbocycles. The average Bonchev–Trinajstić information content (AvgIpc) is 2.71. The van der Waals surface area contributed by atoms with Crippen LogP contribution in [0.1, 0.15) is 16.8 Å². The first kappa shape index (κ1) is 12.6. The quantitative estimate of drug-likeness (QED) is 0.897. The Morgan fingerprint density at radius 2 is 1.94 bits per heavy atom. The second-order valence-corrected chi connectivity index (χ2v) is 4.44. The van der Waals surface area contributed by atoms with Gasteiger partial charge in [0.1, 0.15) is 6.61 Å². The van der Waals surface area contributed by atoms with E-state index in [1.54, 1.807) is 0 Å². The molecule has 2 N–H and O–H groups in total. The summed E-state index contributed by atoms with van der Waals surface area (Å²) in [5.74, 6) is 0.621. The minimum Gasteiger partial charge on any atom is -0.475 e. The van der Waals surface area contributed by atoms with E-state index < -0.39 is 0 Å². The summed E-state index contributed by atoms with van der Waals surface area (Å²) in [5.41, 5.74) is 10.0. The van der Waals surface area contributed by atoms with E-state index in [-0.39, 0.29) is 0 Å². The number of rotatable bonds is 4. The minimum atomic E-state index is 0.489. The van der Waals surface area contributed by atoms with Crippen LogP contribution >= 0.6 is 0 Å². The fraction of sp³-hybridized carbons (Fsp3) is 0.357.